The summed E-state index contributed by atoms with van der Waals surface area (Å²) < 4.78 is 16.4. The minimum Gasteiger partial charge on any atom is -0.493 e. The largest absolute Gasteiger partial charge is 0.493 e. The van der Waals surface area contributed by atoms with Crippen LogP contribution in [0.4, 0.5) is 5.69 Å². The first-order valence-electron chi connectivity index (χ1n) is 9.24. The van der Waals surface area contributed by atoms with E-state index in [0.29, 0.717) is 34.2 Å². The van der Waals surface area contributed by atoms with Crippen molar-refractivity contribution in [3.05, 3.63) is 77.6 Å². The molecule has 1 atom stereocenters. The highest BCUT2D eigenvalue weighted by Gasteiger charge is 2.14. The van der Waals surface area contributed by atoms with Gasteiger partial charge >= 0.3 is 0 Å². The van der Waals surface area contributed by atoms with E-state index in [1.165, 1.54) is 0 Å². The van der Waals surface area contributed by atoms with Crippen molar-refractivity contribution < 1.29 is 19.0 Å². The van der Waals surface area contributed by atoms with Crippen LogP contribution in [0.1, 0.15) is 34.8 Å². The monoisotopic (exact) mass is 392 g/mol. The molecule has 0 aliphatic heterocycles. The van der Waals surface area contributed by atoms with Crippen LogP contribution in [-0.4, -0.2) is 25.1 Å². The number of aryl methyl sites for hydroxylation is 1. The normalized spacial score (nSPS) is 11.6. The number of amides is 1. The van der Waals surface area contributed by atoms with Crippen molar-refractivity contribution in [1.82, 2.24) is 4.98 Å². The standard InChI is InChI=1S/C23H24N2O4/c1-15-19(13-14-20(24-15)16(2)27-3)23(26)25-17-9-11-18(12-10-17)29-22-8-6-5-7-21(22)28-4/h5-14,16H,1-4H3,(H,25,26). The van der Waals surface area contributed by atoms with Crippen molar-refractivity contribution >= 4 is 11.6 Å². The highest BCUT2D eigenvalue weighted by molar-refractivity contribution is 6.05. The zero-order chi connectivity index (χ0) is 20.8. The molecule has 1 heterocycles. The lowest BCUT2D eigenvalue weighted by atomic mass is 10.1. The predicted molar refractivity (Wildman–Crippen MR) is 112 cm³/mol. The van der Waals surface area contributed by atoms with Crippen molar-refractivity contribution in [2.75, 3.05) is 19.5 Å². The molecule has 29 heavy (non-hydrogen) atoms. The highest BCUT2D eigenvalue weighted by Crippen LogP contribution is 2.31. The fourth-order valence-corrected chi connectivity index (χ4v) is 2.80. The van der Waals surface area contributed by atoms with Crippen molar-refractivity contribution in [1.29, 1.82) is 0 Å². The predicted octanol–water partition coefficient (Wildman–Crippen LogP) is 5.15. The van der Waals surface area contributed by atoms with Crippen LogP contribution < -0.4 is 14.8 Å². The number of para-hydroxylation sites is 2. The van der Waals surface area contributed by atoms with Gasteiger partial charge in [-0.15, -0.1) is 0 Å². The van der Waals surface area contributed by atoms with Gasteiger partial charge in [0, 0.05) is 12.8 Å². The number of nitrogens with one attached hydrogen (secondary N) is 1. The van der Waals surface area contributed by atoms with E-state index < -0.39 is 0 Å². The van der Waals surface area contributed by atoms with E-state index in [9.17, 15) is 4.79 Å². The molecule has 1 amide bonds. The minimum absolute atomic E-state index is 0.124. The van der Waals surface area contributed by atoms with Crippen LogP contribution in [0.3, 0.4) is 0 Å². The van der Waals surface area contributed by atoms with E-state index in [2.05, 4.69) is 10.3 Å². The van der Waals surface area contributed by atoms with Crippen LogP contribution in [0.15, 0.2) is 60.7 Å². The van der Waals surface area contributed by atoms with Gasteiger partial charge in [0.05, 0.1) is 30.2 Å². The van der Waals surface area contributed by atoms with E-state index in [4.69, 9.17) is 14.2 Å². The van der Waals surface area contributed by atoms with Gasteiger partial charge in [-0.2, -0.15) is 0 Å². The van der Waals surface area contributed by atoms with E-state index in [-0.39, 0.29) is 12.0 Å². The van der Waals surface area contributed by atoms with Crippen molar-refractivity contribution in [3.63, 3.8) is 0 Å². The van der Waals surface area contributed by atoms with Gasteiger partial charge < -0.3 is 19.5 Å². The van der Waals surface area contributed by atoms with Gasteiger partial charge in [0.2, 0.25) is 0 Å². The molecule has 0 aliphatic carbocycles. The number of carbonyl (C=O) groups excluding carboxylic acids is 1. The lowest BCUT2D eigenvalue weighted by molar-refractivity contribution is 0.102. The Morgan fingerprint density at radius 1 is 0.966 bits per heavy atom. The number of hydrogen-bond acceptors (Lipinski definition) is 5. The first-order chi connectivity index (χ1) is 14.0. The molecule has 3 aromatic rings. The molecule has 1 aromatic heterocycles. The summed E-state index contributed by atoms with van der Waals surface area (Å²) in [6.07, 6.45) is -0.124. The van der Waals surface area contributed by atoms with Gasteiger partial charge in [-0.3, -0.25) is 9.78 Å². The van der Waals surface area contributed by atoms with E-state index in [0.717, 1.165) is 5.69 Å². The van der Waals surface area contributed by atoms with Crippen molar-refractivity contribution in [2.45, 2.75) is 20.0 Å². The lowest BCUT2D eigenvalue weighted by Crippen LogP contribution is -2.15. The summed E-state index contributed by atoms with van der Waals surface area (Å²) in [5, 5.41) is 2.88. The average molecular weight is 392 g/mol. The van der Waals surface area contributed by atoms with Crippen molar-refractivity contribution in [2.24, 2.45) is 0 Å². The number of benzene rings is 2. The van der Waals surface area contributed by atoms with E-state index >= 15 is 0 Å². The fourth-order valence-electron chi connectivity index (χ4n) is 2.80. The first kappa shape index (κ1) is 20.4. The number of methoxy groups -OCH3 is 2. The molecule has 2 aromatic carbocycles. The Bertz CT molecular complexity index is 986. The zero-order valence-electron chi connectivity index (χ0n) is 16.9. The molecule has 6 nitrogen and oxygen atoms in total. The van der Waals surface area contributed by atoms with Gasteiger partial charge in [-0.25, -0.2) is 0 Å². The number of anilines is 1. The zero-order valence-corrected chi connectivity index (χ0v) is 16.9. The second-order valence-corrected chi connectivity index (χ2v) is 6.48. The number of hydrogen-bond donors (Lipinski definition) is 1. The quantitative estimate of drug-likeness (QED) is 0.602. The number of nitrogens with zero attached hydrogens (tertiary/aromatic N) is 1. The number of rotatable bonds is 7. The Morgan fingerprint density at radius 3 is 2.28 bits per heavy atom. The third kappa shape index (κ3) is 4.92. The number of pyridine rings is 1. The maximum atomic E-state index is 12.6. The molecule has 1 unspecified atom stereocenters. The Hall–Kier alpha value is -3.38. The molecule has 0 spiro atoms. The smallest absolute Gasteiger partial charge is 0.257 e. The second-order valence-electron chi connectivity index (χ2n) is 6.48. The van der Waals surface area contributed by atoms with E-state index in [1.807, 2.05) is 38.1 Å². The van der Waals surface area contributed by atoms with Crippen LogP contribution in [0.2, 0.25) is 0 Å². The second kappa shape index (κ2) is 9.21. The minimum atomic E-state index is -0.218. The molecule has 0 radical (unpaired) electrons. The van der Waals surface area contributed by atoms with Crippen molar-refractivity contribution in [3.8, 4) is 17.2 Å². The fraction of sp³-hybridized carbons (Fsp3) is 0.217. The third-order valence-corrected chi connectivity index (χ3v) is 4.53. The van der Waals surface area contributed by atoms with Gasteiger partial charge in [0.25, 0.3) is 5.91 Å². The Kier molecular flexibility index (Phi) is 6.46. The summed E-state index contributed by atoms with van der Waals surface area (Å²) in [4.78, 5) is 17.1. The van der Waals surface area contributed by atoms with Crippen LogP contribution in [-0.2, 0) is 4.74 Å². The summed E-state index contributed by atoms with van der Waals surface area (Å²) in [7, 11) is 3.23. The Labute approximate surface area is 170 Å². The third-order valence-electron chi connectivity index (χ3n) is 4.53. The topological polar surface area (TPSA) is 69.7 Å². The average Bonchev–Trinajstić information content (AvgIpc) is 2.74. The van der Waals surface area contributed by atoms with Gasteiger partial charge in [-0.05, 0) is 62.4 Å². The molecule has 0 saturated carbocycles. The maximum absolute atomic E-state index is 12.6. The molecule has 150 valence electrons. The molecule has 0 aliphatic rings. The summed E-state index contributed by atoms with van der Waals surface area (Å²) in [6, 6.07) is 18.1. The number of ether oxygens (including phenoxy) is 3. The first-order valence-corrected chi connectivity index (χ1v) is 9.24. The summed E-state index contributed by atoms with van der Waals surface area (Å²) in [5.41, 5.74) is 2.63. The number of carbonyl (C=O) groups is 1. The lowest BCUT2D eigenvalue weighted by Gasteiger charge is -2.13. The molecule has 6 heteroatoms. The van der Waals surface area contributed by atoms with Crippen LogP contribution in [0.5, 0.6) is 17.2 Å². The summed E-state index contributed by atoms with van der Waals surface area (Å²) in [5.74, 6) is 1.70. The molecule has 3 rings (SSSR count). The van der Waals surface area contributed by atoms with Crippen LogP contribution >= 0.6 is 0 Å². The molecule has 0 fully saturated rings. The summed E-state index contributed by atoms with van der Waals surface area (Å²) in [6.45, 7) is 3.72. The Morgan fingerprint density at radius 2 is 1.66 bits per heavy atom. The molecule has 0 bridgehead atoms. The molecule has 0 saturated heterocycles. The van der Waals surface area contributed by atoms with Gasteiger partial charge in [-0.1, -0.05) is 12.1 Å². The highest BCUT2D eigenvalue weighted by atomic mass is 16.5. The van der Waals surface area contributed by atoms with Gasteiger partial charge in [0.1, 0.15) is 5.75 Å². The molecular weight excluding hydrogens is 368 g/mol. The number of aromatic nitrogens is 1. The molecular formula is C23H24N2O4. The van der Waals surface area contributed by atoms with Gasteiger partial charge in [0.15, 0.2) is 11.5 Å². The SMILES string of the molecule is COc1ccccc1Oc1ccc(NC(=O)c2ccc(C(C)OC)nc2C)cc1. The van der Waals surface area contributed by atoms with E-state index in [1.54, 1.807) is 50.6 Å². The Balaban J connectivity index is 1.69. The molecule has 1 N–H and O–H groups in total. The maximum Gasteiger partial charge on any atom is 0.257 e. The van der Waals surface area contributed by atoms with Crippen LogP contribution in [0, 0.1) is 6.92 Å². The van der Waals surface area contributed by atoms with Crippen LogP contribution in [0.25, 0.3) is 0 Å². The summed E-state index contributed by atoms with van der Waals surface area (Å²) >= 11 is 0.